The van der Waals surface area contributed by atoms with Crippen molar-refractivity contribution in [2.45, 2.75) is 38.3 Å². The molecule has 0 unspecified atom stereocenters. The molecular formula is C16H23FN2O3S. The Hall–Kier alpha value is -1.63. The number of aromatic nitrogens is 1. The maximum atomic E-state index is 13.8. The third kappa shape index (κ3) is 5.49. The zero-order valence-electron chi connectivity index (χ0n) is 13.7. The van der Waals surface area contributed by atoms with Crippen molar-refractivity contribution in [1.29, 1.82) is 0 Å². The fourth-order valence-electron chi connectivity index (χ4n) is 2.70. The second-order valence-electron chi connectivity index (χ2n) is 6.31. The van der Waals surface area contributed by atoms with Crippen LogP contribution in [0.2, 0.25) is 0 Å². The highest BCUT2D eigenvalue weighted by atomic mass is 32.2. The molecule has 1 aliphatic carbocycles. The maximum Gasteiger partial charge on any atom is 0.229 e. The number of hydrogen-bond donors (Lipinski definition) is 1. The van der Waals surface area contributed by atoms with Crippen LogP contribution in [0.3, 0.4) is 0 Å². The number of pyridine rings is 1. The van der Waals surface area contributed by atoms with Gasteiger partial charge in [0.1, 0.15) is 5.67 Å². The van der Waals surface area contributed by atoms with Crippen molar-refractivity contribution < 1.29 is 17.5 Å². The summed E-state index contributed by atoms with van der Waals surface area (Å²) in [6.07, 6.45) is 9.13. The van der Waals surface area contributed by atoms with Crippen molar-refractivity contribution in [3.8, 4) is 5.88 Å². The van der Waals surface area contributed by atoms with E-state index in [1.165, 1.54) is 13.3 Å². The molecule has 1 aromatic heterocycles. The number of rotatable bonds is 5. The van der Waals surface area contributed by atoms with E-state index in [2.05, 4.69) is 9.71 Å². The Bertz CT molecular complexity index is 677. The predicted octanol–water partition coefficient (Wildman–Crippen LogP) is 3.39. The van der Waals surface area contributed by atoms with Crippen LogP contribution in [0.5, 0.6) is 5.88 Å². The van der Waals surface area contributed by atoms with Crippen molar-refractivity contribution in [3.05, 3.63) is 23.9 Å². The van der Waals surface area contributed by atoms with Gasteiger partial charge < -0.3 is 4.74 Å². The summed E-state index contributed by atoms with van der Waals surface area (Å²) in [4.78, 5) is 4.11. The average Bonchev–Trinajstić information content (AvgIpc) is 2.44. The van der Waals surface area contributed by atoms with E-state index >= 15 is 0 Å². The van der Waals surface area contributed by atoms with Crippen molar-refractivity contribution in [2.24, 2.45) is 5.92 Å². The van der Waals surface area contributed by atoms with Crippen LogP contribution in [-0.2, 0) is 10.0 Å². The van der Waals surface area contributed by atoms with Crippen LogP contribution in [0.4, 0.5) is 10.1 Å². The topological polar surface area (TPSA) is 68.3 Å². The molecule has 0 saturated heterocycles. The molecule has 7 heteroatoms. The number of anilines is 1. The molecule has 5 nitrogen and oxygen atoms in total. The Labute approximate surface area is 137 Å². The summed E-state index contributed by atoms with van der Waals surface area (Å²) in [6, 6.07) is 1.67. The SMILES string of the molecule is COc1ncc(NS(C)(=O)=O)cc1/C=C/C1CCC(C)(F)CC1. The minimum absolute atomic E-state index is 0.315. The van der Waals surface area contributed by atoms with Gasteiger partial charge in [-0.1, -0.05) is 12.2 Å². The number of ether oxygens (including phenoxy) is 1. The monoisotopic (exact) mass is 342 g/mol. The molecule has 0 radical (unpaired) electrons. The van der Waals surface area contributed by atoms with Gasteiger partial charge in [0.15, 0.2) is 0 Å². The first-order valence-electron chi connectivity index (χ1n) is 7.57. The third-order valence-corrected chi connectivity index (χ3v) is 4.60. The fraction of sp³-hybridized carbons (Fsp3) is 0.562. The van der Waals surface area contributed by atoms with E-state index in [4.69, 9.17) is 4.74 Å². The molecule has 128 valence electrons. The standard InChI is InChI=1S/C16H23FN2O3S/c1-16(17)8-6-12(7-9-16)4-5-13-10-14(19-23(3,20)21)11-18-15(13)22-2/h4-5,10-12,19H,6-9H2,1-3H3/b5-4+. The van der Waals surface area contributed by atoms with Crippen molar-refractivity contribution in [3.63, 3.8) is 0 Å². The molecule has 0 atom stereocenters. The first kappa shape index (κ1) is 17.7. The van der Waals surface area contributed by atoms with Gasteiger partial charge in [0, 0.05) is 5.56 Å². The minimum atomic E-state index is -3.36. The van der Waals surface area contributed by atoms with E-state index in [0.29, 0.717) is 35.9 Å². The molecule has 0 spiro atoms. The lowest BCUT2D eigenvalue weighted by molar-refractivity contribution is 0.114. The second kappa shape index (κ2) is 6.86. The van der Waals surface area contributed by atoms with Crippen molar-refractivity contribution in [1.82, 2.24) is 4.98 Å². The molecule has 1 aromatic rings. The zero-order chi connectivity index (χ0) is 17.1. The summed E-state index contributed by atoms with van der Waals surface area (Å²) in [6.45, 7) is 1.65. The highest BCUT2D eigenvalue weighted by molar-refractivity contribution is 7.92. The van der Waals surface area contributed by atoms with Gasteiger partial charge in [-0.2, -0.15) is 0 Å². The molecule has 0 aliphatic heterocycles. The fourth-order valence-corrected chi connectivity index (χ4v) is 3.24. The van der Waals surface area contributed by atoms with Gasteiger partial charge in [-0.05, 0) is 44.6 Å². The lowest BCUT2D eigenvalue weighted by atomic mass is 9.81. The number of nitrogens with zero attached hydrogens (tertiary/aromatic N) is 1. The van der Waals surface area contributed by atoms with E-state index in [1.807, 2.05) is 12.2 Å². The molecule has 0 aromatic carbocycles. The van der Waals surface area contributed by atoms with E-state index < -0.39 is 15.7 Å². The Morgan fingerprint density at radius 1 is 1.43 bits per heavy atom. The quantitative estimate of drug-likeness (QED) is 0.890. The number of hydrogen-bond acceptors (Lipinski definition) is 4. The van der Waals surface area contributed by atoms with Crippen LogP contribution >= 0.6 is 0 Å². The molecule has 23 heavy (non-hydrogen) atoms. The number of allylic oxidation sites excluding steroid dienone is 1. The van der Waals surface area contributed by atoms with Crippen LogP contribution in [-0.4, -0.2) is 32.4 Å². The molecule has 2 rings (SSSR count). The van der Waals surface area contributed by atoms with Gasteiger partial charge in [0.2, 0.25) is 15.9 Å². The molecule has 0 amide bonds. The maximum absolute atomic E-state index is 13.8. The lowest BCUT2D eigenvalue weighted by Crippen LogP contribution is -2.25. The van der Waals surface area contributed by atoms with Gasteiger partial charge >= 0.3 is 0 Å². The summed E-state index contributed by atoms with van der Waals surface area (Å²) in [7, 11) is -1.85. The molecule has 1 fully saturated rings. The molecule has 1 aliphatic rings. The summed E-state index contributed by atoms with van der Waals surface area (Å²) in [5, 5.41) is 0. The summed E-state index contributed by atoms with van der Waals surface area (Å²) >= 11 is 0. The van der Waals surface area contributed by atoms with E-state index in [-0.39, 0.29) is 0 Å². The van der Waals surface area contributed by atoms with Gasteiger partial charge in [-0.3, -0.25) is 4.72 Å². The third-order valence-electron chi connectivity index (χ3n) is 4.00. The Balaban J connectivity index is 2.14. The number of sulfonamides is 1. The zero-order valence-corrected chi connectivity index (χ0v) is 14.5. The predicted molar refractivity (Wildman–Crippen MR) is 89.8 cm³/mol. The van der Waals surface area contributed by atoms with Crippen molar-refractivity contribution >= 4 is 21.8 Å². The first-order chi connectivity index (χ1) is 10.7. The van der Waals surface area contributed by atoms with Crippen LogP contribution in [0.1, 0.15) is 38.2 Å². The highest BCUT2D eigenvalue weighted by Gasteiger charge is 2.29. The second-order valence-corrected chi connectivity index (χ2v) is 8.06. The summed E-state index contributed by atoms with van der Waals surface area (Å²) < 4.78 is 44.0. The number of alkyl halides is 1. The van der Waals surface area contributed by atoms with Crippen LogP contribution in [0.25, 0.3) is 6.08 Å². The highest BCUT2D eigenvalue weighted by Crippen LogP contribution is 2.35. The molecule has 1 N–H and O–H groups in total. The molecule has 0 bridgehead atoms. The van der Waals surface area contributed by atoms with E-state index in [9.17, 15) is 12.8 Å². The van der Waals surface area contributed by atoms with Crippen LogP contribution in [0, 0.1) is 5.92 Å². The van der Waals surface area contributed by atoms with Gasteiger partial charge in [0.05, 0.1) is 25.2 Å². The Kier molecular flexibility index (Phi) is 5.29. The van der Waals surface area contributed by atoms with Gasteiger partial charge in [-0.25, -0.2) is 17.8 Å². The van der Waals surface area contributed by atoms with Crippen LogP contribution in [0.15, 0.2) is 18.3 Å². The number of nitrogens with one attached hydrogen (secondary N) is 1. The minimum Gasteiger partial charge on any atom is -0.481 e. The molecule has 1 heterocycles. The number of halogens is 1. The van der Waals surface area contributed by atoms with E-state index in [1.54, 1.807) is 13.0 Å². The van der Waals surface area contributed by atoms with Crippen molar-refractivity contribution in [2.75, 3.05) is 18.1 Å². The smallest absolute Gasteiger partial charge is 0.229 e. The largest absolute Gasteiger partial charge is 0.481 e. The average molecular weight is 342 g/mol. The molecule has 1 saturated carbocycles. The molecular weight excluding hydrogens is 319 g/mol. The Morgan fingerprint density at radius 2 is 2.09 bits per heavy atom. The van der Waals surface area contributed by atoms with Gasteiger partial charge in [-0.15, -0.1) is 0 Å². The number of methoxy groups -OCH3 is 1. The summed E-state index contributed by atoms with van der Waals surface area (Å²) in [5.74, 6) is 0.737. The van der Waals surface area contributed by atoms with Crippen LogP contribution < -0.4 is 9.46 Å². The van der Waals surface area contributed by atoms with E-state index in [0.717, 1.165) is 19.1 Å². The Morgan fingerprint density at radius 3 is 2.65 bits per heavy atom. The lowest BCUT2D eigenvalue weighted by Gasteiger charge is -2.29. The normalized spacial score (nSPS) is 25.5. The first-order valence-corrected chi connectivity index (χ1v) is 9.47. The van der Waals surface area contributed by atoms with Gasteiger partial charge in [0.25, 0.3) is 0 Å². The summed E-state index contributed by atoms with van der Waals surface area (Å²) in [5.41, 5.74) is 0.0192.